The van der Waals surface area contributed by atoms with Gasteiger partial charge in [0.25, 0.3) is 26.1 Å². The smallest absolute Gasteiger partial charge is 0.278 e. The van der Waals surface area contributed by atoms with Crippen LogP contribution >= 0.6 is 22.9 Å². The van der Waals surface area contributed by atoms with Crippen LogP contribution in [0.1, 0.15) is 0 Å². The normalized spacial score (nSPS) is 18.2. The molecule has 0 unspecified atom stereocenters. The average molecular weight is 616 g/mol. The highest BCUT2D eigenvalue weighted by atomic mass is 35.5. The van der Waals surface area contributed by atoms with Crippen molar-refractivity contribution in [3.8, 4) is 10.4 Å². The van der Waals surface area contributed by atoms with E-state index < -0.39 is 61.0 Å². The highest BCUT2D eigenvalue weighted by Crippen LogP contribution is 2.34. The fourth-order valence-electron chi connectivity index (χ4n) is 3.47. The van der Waals surface area contributed by atoms with E-state index in [0.717, 1.165) is 29.8 Å². The summed E-state index contributed by atoms with van der Waals surface area (Å²) in [5, 5.41) is 9.73. The van der Waals surface area contributed by atoms with Crippen LogP contribution in [0.25, 0.3) is 10.4 Å². The molecule has 1 aromatic carbocycles. The molecule has 2 heterocycles. The number of nitrogens with zero attached hydrogens (tertiary/aromatic N) is 3. The van der Waals surface area contributed by atoms with Crippen LogP contribution in [-0.4, -0.2) is 101 Å². The number of carbonyl (C=O) groups excluding carboxylic acids is 1. The first-order valence-corrected chi connectivity index (χ1v) is 16.3. The Balaban J connectivity index is 1.80. The third-order valence-electron chi connectivity index (χ3n) is 5.50. The van der Waals surface area contributed by atoms with Crippen LogP contribution in [0.5, 0.6) is 0 Å². The number of amides is 1. The number of rotatable bonds is 10. The molecule has 3 N–H and O–H groups in total. The molecule has 3 rings (SSSR count). The van der Waals surface area contributed by atoms with E-state index in [1.54, 1.807) is 30.3 Å². The minimum atomic E-state index is -4.24. The Morgan fingerprint density at radius 1 is 1.08 bits per heavy atom. The SMILES string of the molecule is CN(C)S(=O)(=O)NCCS(=O)(=O)N1CCN(S(=O)(=O)c2ccc(-c3ccc(Cl)cc3)s2)[C@@H](C(=O)NO)C1. The van der Waals surface area contributed by atoms with Gasteiger partial charge in [0, 0.05) is 50.2 Å². The summed E-state index contributed by atoms with van der Waals surface area (Å²) in [7, 11) is -9.61. The average Bonchev–Trinajstić information content (AvgIpc) is 3.34. The van der Waals surface area contributed by atoms with Gasteiger partial charge in [0.1, 0.15) is 10.3 Å². The predicted octanol–water partition coefficient (Wildman–Crippen LogP) is -0.0254. The van der Waals surface area contributed by atoms with E-state index >= 15 is 0 Å². The minimum Gasteiger partial charge on any atom is -0.289 e. The van der Waals surface area contributed by atoms with Gasteiger partial charge >= 0.3 is 0 Å². The maximum Gasteiger partial charge on any atom is 0.278 e. The van der Waals surface area contributed by atoms with Crippen LogP contribution in [0.15, 0.2) is 40.6 Å². The van der Waals surface area contributed by atoms with Crippen molar-refractivity contribution in [1.82, 2.24) is 23.1 Å². The summed E-state index contributed by atoms with van der Waals surface area (Å²) in [6, 6.07) is 8.23. The quantitative estimate of drug-likeness (QED) is 0.247. The molecule has 1 aliphatic heterocycles. The maximum absolute atomic E-state index is 13.4. The molecule has 0 saturated carbocycles. The third kappa shape index (κ3) is 6.86. The first kappa shape index (κ1) is 29.9. The van der Waals surface area contributed by atoms with Crippen molar-refractivity contribution in [1.29, 1.82) is 0 Å². The van der Waals surface area contributed by atoms with Gasteiger partial charge in [-0.2, -0.15) is 21.3 Å². The lowest BCUT2D eigenvalue weighted by Crippen LogP contribution is -2.61. The Morgan fingerprint density at radius 2 is 1.73 bits per heavy atom. The zero-order chi connectivity index (χ0) is 27.6. The Hall–Kier alpha value is -1.67. The number of sulfonamides is 2. The molecule has 1 amide bonds. The summed E-state index contributed by atoms with van der Waals surface area (Å²) in [5.41, 5.74) is 2.14. The number of thiophene rings is 1. The van der Waals surface area contributed by atoms with E-state index in [0.29, 0.717) is 9.90 Å². The lowest BCUT2D eigenvalue weighted by atomic mass is 10.2. The van der Waals surface area contributed by atoms with Crippen molar-refractivity contribution in [2.75, 3.05) is 46.0 Å². The molecule has 0 spiro atoms. The van der Waals surface area contributed by atoms with Gasteiger partial charge in [-0.15, -0.1) is 11.3 Å². The summed E-state index contributed by atoms with van der Waals surface area (Å²) in [6.45, 7) is -1.63. The van der Waals surface area contributed by atoms with E-state index in [9.17, 15) is 35.3 Å². The van der Waals surface area contributed by atoms with E-state index in [-0.39, 0.29) is 17.3 Å². The van der Waals surface area contributed by atoms with Crippen molar-refractivity contribution in [3.63, 3.8) is 0 Å². The molecule has 206 valence electrons. The molecule has 0 aliphatic carbocycles. The van der Waals surface area contributed by atoms with Gasteiger partial charge in [0.15, 0.2) is 0 Å². The minimum absolute atomic E-state index is 0.0670. The van der Waals surface area contributed by atoms with Crippen molar-refractivity contribution in [2.24, 2.45) is 0 Å². The molecular weight excluding hydrogens is 590 g/mol. The number of benzene rings is 1. The highest BCUT2D eigenvalue weighted by Gasteiger charge is 2.43. The molecule has 1 aromatic heterocycles. The van der Waals surface area contributed by atoms with Crippen molar-refractivity contribution in [3.05, 3.63) is 41.4 Å². The summed E-state index contributed by atoms with van der Waals surface area (Å²) in [4.78, 5) is 13.1. The van der Waals surface area contributed by atoms with E-state index in [2.05, 4.69) is 4.72 Å². The Labute approximate surface area is 224 Å². The summed E-state index contributed by atoms with van der Waals surface area (Å²) < 4.78 is 80.8. The van der Waals surface area contributed by atoms with Crippen molar-refractivity contribution in [2.45, 2.75) is 10.3 Å². The standard InChI is InChI=1S/C19H26ClN5O8S4/c1-23(2)37(32,33)21-9-12-35(28,29)24-10-11-25(16(13-24)19(26)22-27)36(30,31)18-8-7-17(34-18)14-3-5-15(20)6-4-14/h3-8,16,21,27H,9-13H2,1-2H3,(H,22,26)/t16-/m1/s1. The zero-order valence-electron chi connectivity index (χ0n) is 19.7. The van der Waals surface area contributed by atoms with E-state index in [4.69, 9.17) is 11.6 Å². The topological polar surface area (TPSA) is 173 Å². The number of piperazine rings is 1. The number of carbonyl (C=O) groups is 1. The van der Waals surface area contributed by atoms with Gasteiger partial charge in [-0.25, -0.2) is 27.0 Å². The Bertz CT molecular complexity index is 1440. The molecule has 1 saturated heterocycles. The molecule has 1 aliphatic rings. The summed E-state index contributed by atoms with van der Waals surface area (Å²) >= 11 is 6.87. The van der Waals surface area contributed by atoms with Gasteiger partial charge in [0.05, 0.1) is 5.75 Å². The van der Waals surface area contributed by atoms with Crippen molar-refractivity contribution >= 4 is 59.1 Å². The number of hydroxylamine groups is 1. The van der Waals surface area contributed by atoms with Crippen LogP contribution in [0.4, 0.5) is 0 Å². The van der Waals surface area contributed by atoms with Crippen LogP contribution in [-0.2, 0) is 35.1 Å². The molecule has 37 heavy (non-hydrogen) atoms. The maximum atomic E-state index is 13.4. The first-order valence-electron chi connectivity index (χ1n) is 10.7. The lowest BCUT2D eigenvalue weighted by molar-refractivity contribution is -0.134. The van der Waals surface area contributed by atoms with Crippen LogP contribution in [0.3, 0.4) is 0 Å². The Morgan fingerprint density at radius 3 is 2.32 bits per heavy atom. The zero-order valence-corrected chi connectivity index (χ0v) is 23.8. The molecule has 13 nitrogen and oxygen atoms in total. The molecule has 18 heteroatoms. The van der Waals surface area contributed by atoms with Gasteiger partial charge in [-0.05, 0) is 29.8 Å². The number of hydrogen-bond acceptors (Lipinski definition) is 9. The van der Waals surface area contributed by atoms with E-state index in [1.165, 1.54) is 25.6 Å². The lowest BCUT2D eigenvalue weighted by Gasteiger charge is -2.38. The first-order chi connectivity index (χ1) is 17.2. The fourth-order valence-corrected chi connectivity index (χ4v) is 8.70. The van der Waals surface area contributed by atoms with Gasteiger partial charge < -0.3 is 0 Å². The molecule has 0 bridgehead atoms. The van der Waals surface area contributed by atoms with Crippen LogP contribution in [0.2, 0.25) is 5.02 Å². The largest absolute Gasteiger partial charge is 0.289 e. The fraction of sp³-hybridized carbons (Fsp3) is 0.421. The van der Waals surface area contributed by atoms with Gasteiger partial charge in [0.2, 0.25) is 10.0 Å². The molecule has 0 radical (unpaired) electrons. The second-order valence-electron chi connectivity index (χ2n) is 8.09. The highest BCUT2D eigenvalue weighted by molar-refractivity contribution is 7.91. The summed E-state index contributed by atoms with van der Waals surface area (Å²) in [6.07, 6.45) is 0. The molecular formula is C19H26ClN5O8S4. The molecule has 2 aromatic rings. The second kappa shape index (κ2) is 11.6. The second-order valence-corrected chi connectivity index (χ2v) is 15.8. The molecule has 1 atom stereocenters. The number of halogens is 1. The third-order valence-corrected chi connectivity index (χ3v) is 12.6. The van der Waals surface area contributed by atoms with Gasteiger partial charge in [-0.3, -0.25) is 10.0 Å². The van der Waals surface area contributed by atoms with Crippen LogP contribution in [0, 0.1) is 0 Å². The van der Waals surface area contributed by atoms with Crippen LogP contribution < -0.4 is 10.2 Å². The number of nitrogens with one attached hydrogen (secondary N) is 2. The Kier molecular flexibility index (Phi) is 9.37. The summed E-state index contributed by atoms with van der Waals surface area (Å²) in [5.74, 6) is -1.72. The van der Waals surface area contributed by atoms with Gasteiger partial charge in [-0.1, -0.05) is 23.7 Å². The van der Waals surface area contributed by atoms with E-state index in [1.807, 2.05) is 0 Å². The van der Waals surface area contributed by atoms with Crippen molar-refractivity contribution < 1.29 is 35.3 Å². The predicted molar refractivity (Wildman–Crippen MR) is 138 cm³/mol. The number of hydrogen-bond donors (Lipinski definition) is 3. The monoisotopic (exact) mass is 615 g/mol. The molecule has 1 fully saturated rings.